The fraction of sp³-hybridized carbons (Fsp3) is 0.389. The molecule has 0 fully saturated rings. The molecule has 1 N–H and O–H groups in total. The molecule has 1 aromatic carbocycles. The maximum Gasteiger partial charge on any atom is 0.0361 e. The zero-order valence-electron chi connectivity index (χ0n) is 13.2. The summed E-state index contributed by atoms with van der Waals surface area (Å²) in [7, 11) is 4.14. The van der Waals surface area contributed by atoms with Crippen LogP contribution in [-0.4, -0.2) is 25.6 Å². The Labute approximate surface area is 128 Å². The lowest BCUT2D eigenvalue weighted by Gasteiger charge is -2.20. The first-order valence-corrected chi connectivity index (χ1v) is 7.60. The third kappa shape index (κ3) is 4.57. The fourth-order valence-corrected chi connectivity index (χ4v) is 2.39. The zero-order valence-corrected chi connectivity index (χ0v) is 13.2. The van der Waals surface area contributed by atoms with Gasteiger partial charge in [-0.3, -0.25) is 4.98 Å². The Hall–Kier alpha value is -1.87. The Morgan fingerprint density at radius 3 is 2.29 bits per heavy atom. The molecule has 0 bridgehead atoms. The van der Waals surface area contributed by atoms with Crippen molar-refractivity contribution in [3.63, 3.8) is 0 Å². The summed E-state index contributed by atoms with van der Waals surface area (Å²) in [5.74, 6) is 0. The Kier molecular flexibility index (Phi) is 5.76. The lowest BCUT2D eigenvalue weighted by molar-refractivity contribution is 0.529. The van der Waals surface area contributed by atoms with Crippen molar-refractivity contribution in [2.24, 2.45) is 0 Å². The SMILES string of the molecule is CCCNC(Cc1ccncc1)c1ccc(N(C)C)cc1. The normalized spacial score (nSPS) is 12.1. The first-order chi connectivity index (χ1) is 10.2. The standard InChI is InChI=1S/C18H25N3/c1-4-11-20-18(14-15-9-12-19-13-10-15)16-5-7-17(8-6-16)21(2)3/h5-10,12-13,18,20H,4,11,14H2,1-3H3. The van der Waals surface area contributed by atoms with Gasteiger partial charge in [-0.1, -0.05) is 19.1 Å². The van der Waals surface area contributed by atoms with Crippen molar-refractivity contribution in [3.8, 4) is 0 Å². The molecule has 21 heavy (non-hydrogen) atoms. The average Bonchev–Trinajstić information content (AvgIpc) is 2.52. The van der Waals surface area contributed by atoms with E-state index >= 15 is 0 Å². The van der Waals surface area contributed by atoms with E-state index in [1.165, 1.54) is 16.8 Å². The highest BCUT2D eigenvalue weighted by atomic mass is 15.1. The van der Waals surface area contributed by atoms with Gasteiger partial charge in [-0.05, 0) is 54.8 Å². The van der Waals surface area contributed by atoms with Gasteiger partial charge < -0.3 is 10.2 Å². The minimum atomic E-state index is 0.351. The van der Waals surface area contributed by atoms with E-state index < -0.39 is 0 Å². The number of benzene rings is 1. The average molecular weight is 283 g/mol. The van der Waals surface area contributed by atoms with Crippen molar-refractivity contribution in [2.45, 2.75) is 25.8 Å². The second-order valence-corrected chi connectivity index (χ2v) is 5.55. The van der Waals surface area contributed by atoms with Crippen molar-refractivity contribution in [3.05, 3.63) is 59.9 Å². The van der Waals surface area contributed by atoms with E-state index in [1.54, 1.807) is 0 Å². The molecule has 3 nitrogen and oxygen atoms in total. The molecule has 0 aliphatic heterocycles. The largest absolute Gasteiger partial charge is 0.378 e. The second kappa shape index (κ2) is 7.79. The molecular weight excluding hydrogens is 258 g/mol. The van der Waals surface area contributed by atoms with Gasteiger partial charge in [0.2, 0.25) is 0 Å². The highest BCUT2D eigenvalue weighted by Crippen LogP contribution is 2.21. The third-order valence-electron chi connectivity index (χ3n) is 3.64. The van der Waals surface area contributed by atoms with Crippen molar-refractivity contribution >= 4 is 5.69 Å². The molecule has 1 atom stereocenters. The summed E-state index contributed by atoms with van der Waals surface area (Å²) in [4.78, 5) is 6.22. The van der Waals surface area contributed by atoms with Crippen LogP contribution in [0.1, 0.15) is 30.5 Å². The highest BCUT2D eigenvalue weighted by molar-refractivity contribution is 5.46. The number of nitrogens with one attached hydrogen (secondary N) is 1. The van der Waals surface area contributed by atoms with Crippen LogP contribution in [0.3, 0.4) is 0 Å². The molecule has 3 heteroatoms. The summed E-state index contributed by atoms with van der Waals surface area (Å²) in [6, 6.07) is 13.4. The van der Waals surface area contributed by atoms with Crippen LogP contribution < -0.4 is 10.2 Å². The molecule has 0 amide bonds. The van der Waals surface area contributed by atoms with Gasteiger partial charge in [-0.25, -0.2) is 0 Å². The number of hydrogen-bond acceptors (Lipinski definition) is 3. The Morgan fingerprint density at radius 2 is 1.71 bits per heavy atom. The maximum atomic E-state index is 4.09. The van der Waals surface area contributed by atoms with Gasteiger partial charge in [0.15, 0.2) is 0 Å². The summed E-state index contributed by atoms with van der Waals surface area (Å²) in [6.07, 6.45) is 5.86. The Morgan fingerprint density at radius 1 is 1.05 bits per heavy atom. The number of rotatable bonds is 7. The summed E-state index contributed by atoms with van der Waals surface area (Å²) >= 11 is 0. The summed E-state index contributed by atoms with van der Waals surface area (Å²) < 4.78 is 0. The molecule has 0 aliphatic carbocycles. The van der Waals surface area contributed by atoms with Gasteiger partial charge in [-0.2, -0.15) is 0 Å². The number of anilines is 1. The van der Waals surface area contributed by atoms with Crippen LogP contribution in [-0.2, 0) is 6.42 Å². The minimum absolute atomic E-state index is 0.351. The maximum absolute atomic E-state index is 4.09. The Bertz CT molecular complexity index is 520. The monoisotopic (exact) mass is 283 g/mol. The van der Waals surface area contributed by atoms with Gasteiger partial charge in [0, 0.05) is 38.2 Å². The molecule has 112 valence electrons. The Balaban J connectivity index is 2.14. The van der Waals surface area contributed by atoms with E-state index in [4.69, 9.17) is 0 Å². The first kappa shape index (κ1) is 15.5. The molecule has 0 saturated carbocycles. The van der Waals surface area contributed by atoms with Crippen molar-refractivity contribution in [2.75, 3.05) is 25.5 Å². The van der Waals surface area contributed by atoms with E-state index in [1.807, 2.05) is 12.4 Å². The van der Waals surface area contributed by atoms with Gasteiger partial charge in [0.25, 0.3) is 0 Å². The molecular formula is C18H25N3. The summed E-state index contributed by atoms with van der Waals surface area (Å²) in [6.45, 7) is 3.23. The zero-order chi connectivity index (χ0) is 15.1. The van der Waals surface area contributed by atoms with Crippen molar-refractivity contribution in [1.82, 2.24) is 10.3 Å². The molecule has 2 rings (SSSR count). The van der Waals surface area contributed by atoms with Crippen LogP contribution in [0.4, 0.5) is 5.69 Å². The van der Waals surface area contributed by atoms with Crippen LogP contribution in [0, 0.1) is 0 Å². The quantitative estimate of drug-likeness (QED) is 0.844. The van der Waals surface area contributed by atoms with E-state index in [0.29, 0.717) is 6.04 Å². The van der Waals surface area contributed by atoms with E-state index in [0.717, 1.165) is 19.4 Å². The lowest BCUT2D eigenvalue weighted by atomic mass is 9.99. The molecule has 0 aliphatic rings. The molecule has 0 saturated heterocycles. The van der Waals surface area contributed by atoms with Crippen LogP contribution in [0.2, 0.25) is 0 Å². The lowest BCUT2D eigenvalue weighted by Crippen LogP contribution is -2.24. The topological polar surface area (TPSA) is 28.2 Å². The molecule has 1 aromatic heterocycles. The first-order valence-electron chi connectivity index (χ1n) is 7.60. The van der Waals surface area contributed by atoms with Gasteiger partial charge in [-0.15, -0.1) is 0 Å². The van der Waals surface area contributed by atoms with E-state index in [-0.39, 0.29) is 0 Å². The molecule has 0 spiro atoms. The highest BCUT2D eigenvalue weighted by Gasteiger charge is 2.11. The number of aromatic nitrogens is 1. The molecule has 2 aromatic rings. The van der Waals surface area contributed by atoms with Crippen molar-refractivity contribution in [1.29, 1.82) is 0 Å². The van der Waals surface area contributed by atoms with Crippen LogP contribution in [0.15, 0.2) is 48.8 Å². The second-order valence-electron chi connectivity index (χ2n) is 5.55. The van der Waals surface area contributed by atoms with Crippen LogP contribution >= 0.6 is 0 Å². The predicted octanol–water partition coefficient (Wildman–Crippen LogP) is 3.43. The predicted molar refractivity (Wildman–Crippen MR) is 89.7 cm³/mol. The molecule has 1 unspecified atom stereocenters. The van der Waals surface area contributed by atoms with E-state index in [2.05, 4.69) is 72.6 Å². The third-order valence-corrected chi connectivity index (χ3v) is 3.64. The van der Waals surface area contributed by atoms with Gasteiger partial charge >= 0.3 is 0 Å². The van der Waals surface area contributed by atoms with Gasteiger partial charge in [0.05, 0.1) is 0 Å². The number of nitrogens with zero attached hydrogens (tertiary/aromatic N) is 2. The molecule has 0 radical (unpaired) electrons. The number of hydrogen-bond donors (Lipinski definition) is 1. The minimum Gasteiger partial charge on any atom is -0.378 e. The van der Waals surface area contributed by atoms with Crippen LogP contribution in [0.5, 0.6) is 0 Å². The molecule has 1 heterocycles. The fourth-order valence-electron chi connectivity index (χ4n) is 2.39. The summed E-state index contributed by atoms with van der Waals surface area (Å²) in [5, 5.41) is 3.65. The number of pyridine rings is 1. The summed E-state index contributed by atoms with van der Waals surface area (Å²) in [5.41, 5.74) is 3.89. The van der Waals surface area contributed by atoms with Gasteiger partial charge in [0.1, 0.15) is 0 Å². The van der Waals surface area contributed by atoms with Crippen molar-refractivity contribution < 1.29 is 0 Å². The smallest absolute Gasteiger partial charge is 0.0361 e. The van der Waals surface area contributed by atoms with E-state index in [9.17, 15) is 0 Å². The van der Waals surface area contributed by atoms with Crippen LogP contribution in [0.25, 0.3) is 0 Å².